The molecule has 0 radical (unpaired) electrons. The summed E-state index contributed by atoms with van der Waals surface area (Å²) in [4.78, 5) is 11.0. The maximum atomic E-state index is 6.84. The maximum Gasteiger partial charge on any atom is 0.235 e. The van der Waals surface area contributed by atoms with E-state index in [1.54, 1.807) is 0 Å². The molecule has 9 aromatic carbocycles. The van der Waals surface area contributed by atoms with Crippen molar-refractivity contribution in [3.8, 4) is 28.3 Å². The fourth-order valence-electron chi connectivity index (χ4n) is 8.73. The number of para-hydroxylation sites is 1. The molecule has 0 aliphatic rings. The molecule has 0 aliphatic heterocycles. The van der Waals surface area contributed by atoms with Crippen LogP contribution >= 0.6 is 0 Å². The van der Waals surface area contributed by atoms with Crippen LogP contribution in [0, 0.1) is 0 Å². The average molecular weight is 688 g/mol. The first-order valence-electron chi connectivity index (χ1n) is 18.3. The number of fused-ring (bicyclic) bond motifs is 14. The fourth-order valence-corrected chi connectivity index (χ4v) is 8.73. The summed E-state index contributed by atoms with van der Waals surface area (Å²) in [5.41, 5.74) is 9.05. The van der Waals surface area contributed by atoms with E-state index in [0.717, 1.165) is 87.6 Å². The molecule has 0 fully saturated rings. The second-order valence-corrected chi connectivity index (χ2v) is 14.1. The van der Waals surface area contributed by atoms with Crippen LogP contribution in [-0.2, 0) is 0 Å². The highest BCUT2D eigenvalue weighted by Crippen LogP contribution is 2.44. The summed E-state index contributed by atoms with van der Waals surface area (Å²) in [6.45, 7) is 0. The number of nitrogens with zero attached hydrogens (tertiary/aromatic N) is 3. The molecule has 0 saturated heterocycles. The van der Waals surface area contributed by atoms with Gasteiger partial charge >= 0.3 is 0 Å². The van der Waals surface area contributed by atoms with E-state index in [1.807, 2.05) is 0 Å². The van der Waals surface area contributed by atoms with Gasteiger partial charge in [0, 0.05) is 43.3 Å². The highest BCUT2D eigenvalue weighted by Gasteiger charge is 2.22. The standard InChI is InChI=1S/C50H29N3O/c1-2-13-30(14-3-1)32-16-12-17-33(27-32)47-40-26-25-31-15-4-5-18-34(31)48(40)52-50(51-47)53-43-24-11-10-21-37(43)41-29-45-42(28-44(41)53)46-38-22-8-6-19-35(38)36-20-7-9-23-39(36)49(46)54-45/h1-29H. The molecule has 0 amide bonds. The summed E-state index contributed by atoms with van der Waals surface area (Å²) < 4.78 is 9.08. The molecule has 0 N–H and O–H groups in total. The molecule has 3 aromatic heterocycles. The minimum absolute atomic E-state index is 0.632. The molecule has 0 atom stereocenters. The second kappa shape index (κ2) is 11.1. The van der Waals surface area contributed by atoms with E-state index < -0.39 is 0 Å². The van der Waals surface area contributed by atoms with Crippen LogP contribution in [0.5, 0.6) is 0 Å². The van der Waals surface area contributed by atoms with Gasteiger partial charge in [-0.25, -0.2) is 9.97 Å². The Morgan fingerprint density at radius 3 is 1.91 bits per heavy atom. The van der Waals surface area contributed by atoms with E-state index in [-0.39, 0.29) is 0 Å². The highest BCUT2D eigenvalue weighted by atomic mass is 16.3. The van der Waals surface area contributed by atoms with E-state index in [9.17, 15) is 0 Å². The molecule has 250 valence electrons. The molecule has 4 nitrogen and oxygen atoms in total. The summed E-state index contributed by atoms with van der Waals surface area (Å²) in [5, 5.41) is 12.4. The van der Waals surface area contributed by atoms with E-state index in [2.05, 4.69) is 180 Å². The van der Waals surface area contributed by atoms with Gasteiger partial charge in [-0.3, -0.25) is 4.57 Å². The minimum Gasteiger partial charge on any atom is -0.455 e. The molecule has 0 spiro atoms. The van der Waals surface area contributed by atoms with E-state index in [0.29, 0.717) is 5.95 Å². The average Bonchev–Trinajstić information content (AvgIpc) is 3.78. The van der Waals surface area contributed by atoms with Crippen molar-refractivity contribution < 1.29 is 4.42 Å². The van der Waals surface area contributed by atoms with E-state index >= 15 is 0 Å². The normalized spacial score (nSPS) is 12.1. The van der Waals surface area contributed by atoms with Gasteiger partial charge in [0.05, 0.1) is 22.2 Å². The summed E-state index contributed by atoms with van der Waals surface area (Å²) >= 11 is 0. The van der Waals surface area contributed by atoms with Gasteiger partial charge in [-0.05, 0) is 63.0 Å². The zero-order valence-corrected chi connectivity index (χ0v) is 29.0. The lowest BCUT2D eigenvalue weighted by Gasteiger charge is -2.14. The third-order valence-corrected chi connectivity index (χ3v) is 11.2. The first-order chi connectivity index (χ1) is 26.8. The molecule has 0 saturated carbocycles. The summed E-state index contributed by atoms with van der Waals surface area (Å²) in [7, 11) is 0. The Morgan fingerprint density at radius 2 is 1.06 bits per heavy atom. The van der Waals surface area contributed by atoms with E-state index in [4.69, 9.17) is 14.4 Å². The molecular formula is C50H29N3O. The van der Waals surface area contributed by atoms with Crippen molar-refractivity contribution in [2.75, 3.05) is 0 Å². The molecule has 0 bridgehead atoms. The number of aromatic nitrogens is 3. The van der Waals surface area contributed by atoms with Crippen LogP contribution in [0.1, 0.15) is 0 Å². The number of hydrogen-bond acceptors (Lipinski definition) is 3. The van der Waals surface area contributed by atoms with Crippen molar-refractivity contribution in [3.05, 3.63) is 176 Å². The number of hydrogen-bond donors (Lipinski definition) is 0. The summed E-state index contributed by atoms with van der Waals surface area (Å²) in [5.74, 6) is 0.632. The van der Waals surface area contributed by atoms with Crippen LogP contribution < -0.4 is 0 Å². The Hall–Kier alpha value is -7.30. The molecule has 3 heterocycles. The maximum absolute atomic E-state index is 6.84. The Bertz CT molecular complexity index is 3500. The predicted octanol–water partition coefficient (Wildman–Crippen LogP) is 13.4. The second-order valence-electron chi connectivity index (χ2n) is 14.1. The zero-order chi connectivity index (χ0) is 35.3. The Labute approximate surface area is 309 Å². The molecule has 12 rings (SSSR count). The van der Waals surface area contributed by atoms with Gasteiger partial charge in [-0.2, -0.15) is 0 Å². The van der Waals surface area contributed by atoms with Gasteiger partial charge in [0.15, 0.2) is 0 Å². The fraction of sp³-hybridized carbons (Fsp3) is 0. The van der Waals surface area contributed by atoms with Gasteiger partial charge < -0.3 is 4.42 Å². The Morgan fingerprint density at radius 1 is 0.389 bits per heavy atom. The molecule has 4 heteroatoms. The number of benzene rings is 9. The monoisotopic (exact) mass is 687 g/mol. The number of furan rings is 1. The topological polar surface area (TPSA) is 43.9 Å². The third-order valence-electron chi connectivity index (χ3n) is 11.2. The lowest BCUT2D eigenvalue weighted by molar-refractivity contribution is 0.673. The SMILES string of the molecule is c1ccc(-c2cccc(-c3nc(-n4c5ccccc5c5cc6oc7c8ccccc8c8ccccc8c7c6cc54)nc4c3ccc3ccccc34)c2)cc1. The van der Waals surface area contributed by atoms with Crippen molar-refractivity contribution >= 4 is 87.0 Å². The first kappa shape index (κ1) is 29.3. The van der Waals surface area contributed by atoms with Crippen molar-refractivity contribution in [1.29, 1.82) is 0 Å². The zero-order valence-electron chi connectivity index (χ0n) is 29.0. The minimum atomic E-state index is 0.632. The number of rotatable bonds is 3. The lowest BCUT2D eigenvalue weighted by atomic mass is 9.97. The molecular weight excluding hydrogens is 659 g/mol. The van der Waals surface area contributed by atoms with Crippen molar-refractivity contribution in [1.82, 2.24) is 14.5 Å². The van der Waals surface area contributed by atoms with Crippen molar-refractivity contribution in [2.45, 2.75) is 0 Å². The summed E-state index contributed by atoms with van der Waals surface area (Å²) in [6, 6.07) is 62.4. The van der Waals surface area contributed by atoms with Gasteiger partial charge in [-0.15, -0.1) is 0 Å². The smallest absolute Gasteiger partial charge is 0.235 e. The van der Waals surface area contributed by atoms with Gasteiger partial charge in [0.1, 0.15) is 11.2 Å². The van der Waals surface area contributed by atoms with Crippen LogP contribution in [0.4, 0.5) is 0 Å². The lowest BCUT2D eigenvalue weighted by Crippen LogP contribution is -2.04. The van der Waals surface area contributed by atoms with Crippen molar-refractivity contribution in [2.24, 2.45) is 0 Å². The van der Waals surface area contributed by atoms with Gasteiger partial charge in [-0.1, -0.05) is 146 Å². The van der Waals surface area contributed by atoms with Crippen LogP contribution in [0.2, 0.25) is 0 Å². The predicted molar refractivity (Wildman–Crippen MR) is 225 cm³/mol. The molecule has 54 heavy (non-hydrogen) atoms. The Kier molecular flexibility index (Phi) is 6.02. The summed E-state index contributed by atoms with van der Waals surface area (Å²) in [6.07, 6.45) is 0. The third kappa shape index (κ3) is 4.13. The van der Waals surface area contributed by atoms with Crippen LogP contribution in [0.25, 0.3) is 115 Å². The molecule has 0 unspecified atom stereocenters. The van der Waals surface area contributed by atoms with Gasteiger partial charge in [0.25, 0.3) is 0 Å². The molecule has 0 aliphatic carbocycles. The molecule has 12 aromatic rings. The highest BCUT2D eigenvalue weighted by molar-refractivity contribution is 6.31. The largest absolute Gasteiger partial charge is 0.455 e. The van der Waals surface area contributed by atoms with Crippen molar-refractivity contribution in [3.63, 3.8) is 0 Å². The quantitative estimate of drug-likeness (QED) is 0.174. The van der Waals surface area contributed by atoms with Crippen LogP contribution in [0.15, 0.2) is 180 Å². The van der Waals surface area contributed by atoms with Crippen LogP contribution in [-0.4, -0.2) is 14.5 Å². The Balaban J connectivity index is 1.21. The van der Waals surface area contributed by atoms with Crippen LogP contribution in [0.3, 0.4) is 0 Å². The van der Waals surface area contributed by atoms with Gasteiger partial charge in [0.2, 0.25) is 5.95 Å². The first-order valence-corrected chi connectivity index (χ1v) is 18.3. The van der Waals surface area contributed by atoms with E-state index in [1.165, 1.54) is 21.7 Å².